The molecule has 0 aliphatic carbocycles. The van der Waals surface area contributed by atoms with E-state index in [-0.39, 0.29) is 24.0 Å². The summed E-state index contributed by atoms with van der Waals surface area (Å²) < 4.78 is 11.1. The fourth-order valence-corrected chi connectivity index (χ4v) is 4.23. The van der Waals surface area contributed by atoms with Crippen molar-refractivity contribution in [1.82, 2.24) is 15.5 Å². The second-order valence-corrected chi connectivity index (χ2v) is 8.54. The Hall–Kier alpha value is -3.11. The molecule has 3 aromatic rings. The fraction of sp³-hybridized carbons (Fsp3) is 0.238. The molecular formula is C21H22N4O4S2. The Morgan fingerprint density at radius 1 is 0.968 bits per heavy atom. The number of anilines is 1. The quantitative estimate of drug-likeness (QED) is 0.355. The first-order chi connectivity index (χ1) is 15.1. The van der Waals surface area contributed by atoms with E-state index in [0.29, 0.717) is 27.5 Å². The van der Waals surface area contributed by atoms with Gasteiger partial charge in [-0.05, 0) is 23.3 Å². The third-order valence-corrected chi connectivity index (χ3v) is 6.10. The summed E-state index contributed by atoms with van der Waals surface area (Å²) in [5.74, 6) is 1.07. The van der Waals surface area contributed by atoms with E-state index in [0.717, 1.165) is 11.1 Å². The minimum atomic E-state index is -0.222. The second-order valence-electron chi connectivity index (χ2n) is 6.34. The SMILES string of the molecule is COc1ccc(CC(=O)Nc2nnc(SCC(=O)NCc3ccccc3)s2)cc1OC. The number of rotatable bonds is 10. The Morgan fingerprint density at radius 2 is 1.74 bits per heavy atom. The van der Waals surface area contributed by atoms with Crippen molar-refractivity contribution in [1.29, 1.82) is 0 Å². The molecule has 162 valence electrons. The Morgan fingerprint density at radius 3 is 2.48 bits per heavy atom. The van der Waals surface area contributed by atoms with E-state index in [4.69, 9.17) is 9.47 Å². The number of methoxy groups -OCH3 is 2. The van der Waals surface area contributed by atoms with Crippen molar-refractivity contribution in [3.8, 4) is 11.5 Å². The molecule has 0 aliphatic rings. The lowest BCUT2D eigenvalue weighted by Crippen LogP contribution is -2.24. The van der Waals surface area contributed by atoms with Crippen LogP contribution in [-0.4, -0.2) is 42.0 Å². The van der Waals surface area contributed by atoms with Gasteiger partial charge in [0.2, 0.25) is 16.9 Å². The predicted molar refractivity (Wildman–Crippen MR) is 121 cm³/mol. The van der Waals surface area contributed by atoms with Crippen molar-refractivity contribution in [2.45, 2.75) is 17.3 Å². The normalized spacial score (nSPS) is 10.4. The van der Waals surface area contributed by atoms with Gasteiger partial charge in [-0.1, -0.05) is 59.5 Å². The molecule has 0 fully saturated rings. The molecule has 0 saturated carbocycles. The number of amides is 2. The zero-order valence-corrected chi connectivity index (χ0v) is 18.7. The summed E-state index contributed by atoms with van der Waals surface area (Å²) in [6.07, 6.45) is 0.157. The van der Waals surface area contributed by atoms with E-state index in [9.17, 15) is 9.59 Å². The molecule has 2 aromatic carbocycles. The molecule has 2 amide bonds. The third kappa shape index (κ3) is 6.97. The van der Waals surface area contributed by atoms with Crippen LogP contribution in [0.1, 0.15) is 11.1 Å². The number of nitrogens with zero attached hydrogens (tertiary/aromatic N) is 2. The highest BCUT2D eigenvalue weighted by Crippen LogP contribution is 2.28. The lowest BCUT2D eigenvalue weighted by Gasteiger charge is -2.09. The summed E-state index contributed by atoms with van der Waals surface area (Å²) in [6, 6.07) is 15.0. The largest absolute Gasteiger partial charge is 0.493 e. The van der Waals surface area contributed by atoms with E-state index in [1.165, 1.54) is 23.1 Å². The van der Waals surface area contributed by atoms with Gasteiger partial charge in [0.15, 0.2) is 15.8 Å². The molecule has 2 N–H and O–H groups in total. The Kier molecular flexibility index (Phi) is 8.25. The number of hydrogen-bond donors (Lipinski definition) is 2. The van der Waals surface area contributed by atoms with Crippen molar-refractivity contribution < 1.29 is 19.1 Å². The lowest BCUT2D eigenvalue weighted by molar-refractivity contribution is -0.118. The predicted octanol–water partition coefficient (Wildman–Crippen LogP) is 3.15. The average Bonchev–Trinajstić information content (AvgIpc) is 3.23. The van der Waals surface area contributed by atoms with Gasteiger partial charge >= 0.3 is 0 Å². The molecule has 3 rings (SSSR count). The van der Waals surface area contributed by atoms with Gasteiger partial charge in [0.1, 0.15) is 0 Å². The third-order valence-electron chi connectivity index (χ3n) is 4.12. The maximum absolute atomic E-state index is 12.3. The molecular weight excluding hydrogens is 436 g/mol. The number of benzene rings is 2. The van der Waals surface area contributed by atoms with Crippen LogP contribution in [0.25, 0.3) is 0 Å². The number of ether oxygens (including phenoxy) is 2. The zero-order valence-electron chi connectivity index (χ0n) is 17.1. The summed E-state index contributed by atoms with van der Waals surface area (Å²) in [5.41, 5.74) is 1.82. The van der Waals surface area contributed by atoms with E-state index in [2.05, 4.69) is 20.8 Å². The molecule has 1 heterocycles. The van der Waals surface area contributed by atoms with Crippen LogP contribution in [0.2, 0.25) is 0 Å². The van der Waals surface area contributed by atoms with Crippen LogP contribution in [0.15, 0.2) is 52.9 Å². The van der Waals surface area contributed by atoms with Crippen molar-refractivity contribution >= 4 is 40.0 Å². The van der Waals surface area contributed by atoms with Gasteiger partial charge in [0.05, 0.1) is 26.4 Å². The number of aromatic nitrogens is 2. The van der Waals surface area contributed by atoms with Crippen LogP contribution < -0.4 is 20.1 Å². The van der Waals surface area contributed by atoms with Crippen LogP contribution >= 0.6 is 23.1 Å². The lowest BCUT2D eigenvalue weighted by atomic mass is 10.1. The van der Waals surface area contributed by atoms with Crippen LogP contribution in [0.4, 0.5) is 5.13 Å². The minimum absolute atomic E-state index is 0.0944. The topological polar surface area (TPSA) is 102 Å². The highest BCUT2D eigenvalue weighted by atomic mass is 32.2. The molecule has 0 spiro atoms. The number of carbonyl (C=O) groups excluding carboxylic acids is 2. The number of thioether (sulfide) groups is 1. The molecule has 0 saturated heterocycles. The van der Waals surface area contributed by atoms with Crippen molar-refractivity contribution in [3.63, 3.8) is 0 Å². The molecule has 0 aliphatic heterocycles. The first-order valence-electron chi connectivity index (χ1n) is 9.35. The summed E-state index contributed by atoms with van der Waals surface area (Å²) in [7, 11) is 3.10. The smallest absolute Gasteiger partial charge is 0.230 e. The van der Waals surface area contributed by atoms with E-state index >= 15 is 0 Å². The highest BCUT2D eigenvalue weighted by molar-refractivity contribution is 8.01. The van der Waals surface area contributed by atoms with E-state index in [1.54, 1.807) is 32.4 Å². The molecule has 8 nitrogen and oxygen atoms in total. The maximum Gasteiger partial charge on any atom is 0.230 e. The van der Waals surface area contributed by atoms with Crippen molar-refractivity contribution in [2.75, 3.05) is 25.3 Å². The molecule has 0 unspecified atom stereocenters. The monoisotopic (exact) mass is 458 g/mol. The Bertz CT molecular complexity index is 1030. The minimum Gasteiger partial charge on any atom is -0.493 e. The van der Waals surface area contributed by atoms with E-state index < -0.39 is 0 Å². The van der Waals surface area contributed by atoms with Gasteiger partial charge in [0, 0.05) is 6.54 Å². The summed E-state index contributed by atoms with van der Waals surface area (Å²) in [6.45, 7) is 0.480. The Labute approximate surface area is 188 Å². The van der Waals surface area contributed by atoms with Crippen LogP contribution in [-0.2, 0) is 22.6 Å². The number of nitrogens with one attached hydrogen (secondary N) is 2. The van der Waals surface area contributed by atoms with Gasteiger partial charge in [0.25, 0.3) is 0 Å². The molecule has 1 aromatic heterocycles. The second kappa shape index (κ2) is 11.3. The average molecular weight is 459 g/mol. The molecule has 0 radical (unpaired) electrons. The first-order valence-corrected chi connectivity index (χ1v) is 11.1. The summed E-state index contributed by atoms with van der Waals surface area (Å²) >= 11 is 2.50. The zero-order chi connectivity index (χ0) is 22.1. The summed E-state index contributed by atoms with van der Waals surface area (Å²) in [4.78, 5) is 24.3. The standard InChI is InChI=1S/C21H22N4O4S2/c1-28-16-9-8-15(10-17(16)29-2)11-18(26)23-20-24-25-21(31-20)30-13-19(27)22-12-14-6-4-3-5-7-14/h3-10H,11-13H2,1-2H3,(H,22,27)(H,23,24,26). The molecule has 31 heavy (non-hydrogen) atoms. The summed E-state index contributed by atoms with van der Waals surface area (Å²) in [5, 5.41) is 14.0. The van der Waals surface area contributed by atoms with Crippen LogP contribution in [0.5, 0.6) is 11.5 Å². The van der Waals surface area contributed by atoms with Gasteiger partial charge in [-0.2, -0.15) is 0 Å². The van der Waals surface area contributed by atoms with E-state index in [1.807, 2.05) is 30.3 Å². The molecule has 0 atom stereocenters. The number of carbonyl (C=O) groups is 2. The number of hydrogen-bond acceptors (Lipinski definition) is 8. The van der Waals surface area contributed by atoms with Gasteiger partial charge in [-0.25, -0.2) is 0 Å². The van der Waals surface area contributed by atoms with Crippen LogP contribution in [0, 0.1) is 0 Å². The van der Waals surface area contributed by atoms with Crippen LogP contribution in [0.3, 0.4) is 0 Å². The molecule has 0 bridgehead atoms. The van der Waals surface area contributed by atoms with Gasteiger partial charge < -0.3 is 20.1 Å². The Balaban J connectivity index is 1.45. The maximum atomic E-state index is 12.3. The van der Waals surface area contributed by atoms with Crippen molar-refractivity contribution in [3.05, 3.63) is 59.7 Å². The fourth-order valence-electron chi connectivity index (χ4n) is 2.63. The van der Waals surface area contributed by atoms with Gasteiger partial charge in [-0.3, -0.25) is 9.59 Å². The van der Waals surface area contributed by atoms with Gasteiger partial charge in [-0.15, -0.1) is 10.2 Å². The first kappa shape index (κ1) is 22.6. The highest BCUT2D eigenvalue weighted by Gasteiger charge is 2.12. The van der Waals surface area contributed by atoms with Crippen molar-refractivity contribution in [2.24, 2.45) is 0 Å². The molecule has 10 heteroatoms.